The molecule has 1 amide bonds. The number of carboxylic acids is 1. The van der Waals surface area contributed by atoms with E-state index in [1.165, 1.54) is 18.9 Å². The molecule has 1 aliphatic heterocycles. The molecule has 1 heterocycles. The Kier molecular flexibility index (Phi) is 3.20. The highest BCUT2D eigenvalue weighted by Crippen LogP contribution is 2.38. The first-order chi connectivity index (χ1) is 8.89. The number of carbonyl (C=O) groups excluding carboxylic acids is 1. The van der Waals surface area contributed by atoms with Crippen LogP contribution in [0.5, 0.6) is 5.75 Å². The highest BCUT2D eigenvalue weighted by atomic mass is 16.5. The summed E-state index contributed by atoms with van der Waals surface area (Å²) in [6.45, 7) is 1.31. The molecular weight excluding hydrogens is 248 g/mol. The Morgan fingerprint density at radius 3 is 2.68 bits per heavy atom. The van der Waals surface area contributed by atoms with Crippen LogP contribution >= 0.6 is 0 Å². The van der Waals surface area contributed by atoms with E-state index in [9.17, 15) is 14.7 Å². The summed E-state index contributed by atoms with van der Waals surface area (Å²) < 4.78 is 5.24. The summed E-state index contributed by atoms with van der Waals surface area (Å²) >= 11 is 0. The van der Waals surface area contributed by atoms with Gasteiger partial charge in [-0.3, -0.25) is 9.59 Å². The number of nitrogens with zero attached hydrogens (tertiary/aromatic N) is 1. The second-order valence-corrected chi connectivity index (χ2v) is 4.71. The average molecular weight is 264 g/mol. The molecule has 3 N–H and O–H groups in total. The van der Waals surface area contributed by atoms with Crippen molar-refractivity contribution in [2.75, 3.05) is 18.6 Å². The second kappa shape index (κ2) is 4.55. The van der Waals surface area contributed by atoms with Crippen LogP contribution in [0.15, 0.2) is 18.2 Å². The monoisotopic (exact) mass is 264 g/mol. The number of nitrogens with two attached hydrogens (primary N) is 1. The number of carboxylic acid groups (broad SMARTS) is 1. The number of carbonyl (C=O) groups is 2. The normalized spacial score (nSPS) is 21.7. The van der Waals surface area contributed by atoms with Gasteiger partial charge in [0.1, 0.15) is 11.3 Å². The number of methoxy groups -OCH3 is 1. The van der Waals surface area contributed by atoms with E-state index in [-0.39, 0.29) is 18.9 Å². The first-order valence-electron chi connectivity index (χ1n) is 5.85. The van der Waals surface area contributed by atoms with Crippen molar-refractivity contribution in [1.82, 2.24) is 0 Å². The molecular formula is C13H16N2O4. The topological polar surface area (TPSA) is 92.9 Å². The molecule has 2 rings (SSSR count). The van der Waals surface area contributed by atoms with E-state index in [0.717, 1.165) is 0 Å². The van der Waals surface area contributed by atoms with E-state index in [0.29, 0.717) is 17.0 Å². The van der Waals surface area contributed by atoms with Crippen LogP contribution in [0, 0.1) is 0 Å². The molecule has 19 heavy (non-hydrogen) atoms. The minimum atomic E-state index is -1.47. The Bertz CT molecular complexity index is 543. The summed E-state index contributed by atoms with van der Waals surface area (Å²) in [5, 5.41) is 9.25. The fourth-order valence-corrected chi connectivity index (χ4v) is 2.35. The van der Waals surface area contributed by atoms with Crippen molar-refractivity contribution >= 4 is 17.6 Å². The number of fused-ring (bicyclic) bond motifs is 1. The van der Waals surface area contributed by atoms with Crippen molar-refractivity contribution in [3.63, 3.8) is 0 Å². The number of rotatable bonds is 2. The third kappa shape index (κ3) is 2.15. The van der Waals surface area contributed by atoms with Crippen molar-refractivity contribution in [2.45, 2.75) is 18.9 Å². The van der Waals surface area contributed by atoms with Crippen LogP contribution in [0.3, 0.4) is 0 Å². The molecule has 6 nitrogen and oxygen atoms in total. The minimum absolute atomic E-state index is 0.0644. The lowest BCUT2D eigenvalue weighted by Gasteiger charge is -2.38. The molecule has 0 radical (unpaired) electrons. The Morgan fingerprint density at radius 2 is 2.16 bits per heavy atom. The lowest BCUT2D eigenvalue weighted by Crippen LogP contribution is -2.61. The molecule has 1 unspecified atom stereocenters. The van der Waals surface area contributed by atoms with Crippen molar-refractivity contribution in [2.24, 2.45) is 5.73 Å². The standard InChI is InChI=1S/C13H16N2O4/c1-8(16)15-7-13(14,12(17)18)6-9-4-3-5-10(19-2)11(9)15/h3-5H,6-7,14H2,1-2H3,(H,17,18). The SMILES string of the molecule is COc1cccc2c1N(C(C)=O)CC(N)(C(=O)O)C2. The Balaban J connectivity index is 2.59. The highest BCUT2D eigenvalue weighted by molar-refractivity contribution is 5.97. The van der Waals surface area contributed by atoms with Crippen LogP contribution in [-0.2, 0) is 16.0 Å². The van der Waals surface area contributed by atoms with E-state index >= 15 is 0 Å². The lowest BCUT2D eigenvalue weighted by atomic mass is 9.86. The Morgan fingerprint density at radius 1 is 1.47 bits per heavy atom. The van der Waals surface area contributed by atoms with Gasteiger partial charge in [-0.05, 0) is 11.6 Å². The van der Waals surface area contributed by atoms with Crippen molar-refractivity contribution in [1.29, 1.82) is 0 Å². The molecule has 102 valence electrons. The molecule has 0 fully saturated rings. The first-order valence-corrected chi connectivity index (χ1v) is 5.85. The molecule has 0 spiro atoms. The van der Waals surface area contributed by atoms with Gasteiger partial charge in [-0.15, -0.1) is 0 Å². The van der Waals surface area contributed by atoms with Crippen LogP contribution in [0.1, 0.15) is 12.5 Å². The van der Waals surface area contributed by atoms with Gasteiger partial charge in [0, 0.05) is 13.3 Å². The number of ether oxygens (including phenoxy) is 1. The van der Waals surface area contributed by atoms with Crippen LogP contribution in [-0.4, -0.2) is 36.2 Å². The summed E-state index contributed by atoms with van der Waals surface area (Å²) in [6, 6.07) is 5.25. The van der Waals surface area contributed by atoms with Gasteiger partial charge in [0.05, 0.1) is 19.3 Å². The Hall–Kier alpha value is -2.08. The van der Waals surface area contributed by atoms with E-state index < -0.39 is 11.5 Å². The van der Waals surface area contributed by atoms with Crippen LogP contribution in [0.2, 0.25) is 0 Å². The summed E-state index contributed by atoms with van der Waals surface area (Å²) in [5.41, 5.74) is 5.75. The molecule has 1 aliphatic rings. The zero-order valence-electron chi connectivity index (χ0n) is 10.8. The summed E-state index contributed by atoms with van der Waals surface area (Å²) in [6.07, 6.45) is 0.165. The molecule has 6 heteroatoms. The quantitative estimate of drug-likeness (QED) is 0.805. The van der Waals surface area contributed by atoms with Gasteiger partial charge in [0.25, 0.3) is 0 Å². The fourth-order valence-electron chi connectivity index (χ4n) is 2.35. The second-order valence-electron chi connectivity index (χ2n) is 4.71. The van der Waals surface area contributed by atoms with Gasteiger partial charge in [-0.2, -0.15) is 0 Å². The maximum absolute atomic E-state index is 11.8. The maximum Gasteiger partial charge on any atom is 0.325 e. The number of hydrogen-bond acceptors (Lipinski definition) is 4. The van der Waals surface area contributed by atoms with Gasteiger partial charge in [0.2, 0.25) is 5.91 Å². The molecule has 1 aromatic rings. The summed E-state index contributed by atoms with van der Waals surface area (Å²) in [4.78, 5) is 24.4. The van der Waals surface area contributed by atoms with Crippen LogP contribution in [0.25, 0.3) is 0 Å². The molecule has 1 aromatic carbocycles. The molecule has 0 aliphatic carbocycles. The van der Waals surface area contributed by atoms with E-state index in [4.69, 9.17) is 10.5 Å². The number of para-hydroxylation sites is 1. The zero-order valence-corrected chi connectivity index (χ0v) is 10.8. The number of amides is 1. The van der Waals surface area contributed by atoms with E-state index in [2.05, 4.69) is 0 Å². The van der Waals surface area contributed by atoms with Crippen molar-refractivity contribution in [3.8, 4) is 5.75 Å². The van der Waals surface area contributed by atoms with Crippen molar-refractivity contribution < 1.29 is 19.4 Å². The van der Waals surface area contributed by atoms with Crippen molar-refractivity contribution in [3.05, 3.63) is 23.8 Å². The molecule has 0 aromatic heterocycles. The number of hydrogen-bond donors (Lipinski definition) is 2. The Labute approximate surface area is 110 Å². The molecule has 0 bridgehead atoms. The average Bonchev–Trinajstić information content (AvgIpc) is 2.36. The minimum Gasteiger partial charge on any atom is -0.495 e. The molecule has 0 saturated heterocycles. The fraction of sp³-hybridized carbons (Fsp3) is 0.385. The first kappa shape index (κ1) is 13.4. The van der Waals surface area contributed by atoms with Gasteiger partial charge in [0.15, 0.2) is 0 Å². The smallest absolute Gasteiger partial charge is 0.325 e. The largest absolute Gasteiger partial charge is 0.495 e. The van der Waals surface area contributed by atoms with Gasteiger partial charge >= 0.3 is 5.97 Å². The van der Waals surface area contributed by atoms with E-state index in [1.54, 1.807) is 18.2 Å². The van der Waals surface area contributed by atoms with Gasteiger partial charge in [-0.1, -0.05) is 12.1 Å². The summed E-state index contributed by atoms with van der Waals surface area (Å²) in [5.74, 6) is -0.839. The predicted molar refractivity (Wildman–Crippen MR) is 69.3 cm³/mol. The molecule has 1 atom stereocenters. The van der Waals surface area contributed by atoms with E-state index in [1.807, 2.05) is 0 Å². The van der Waals surface area contributed by atoms with Gasteiger partial charge < -0.3 is 20.5 Å². The third-order valence-electron chi connectivity index (χ3n) is 3.32. The zero-order chi connectivity index (χ0) is 14.2. The lowest BCUT2D eigenvalue weighted by molar-refractivity contribution is -0.143. The van der Waals surface area contributed by atoms with Gasteiger partial charge in [-0.25, -0.2) is 0 Å². The molecule has 0 saturated carbocycles. The number of anilines is 1. The highest BCUT2D eigenvalue weighted by Gasteiger charge is 2.43. The predicted octanol–water partition coefficient (Wildman–Crippen LogP) is 0.386. The summed E-state index contributed by atoms with van der Waals surface area (Å²) in [7, 11) is 1.51. The third-order valence-corrected chi connectivity index (χ3v) is 3.32. The van der Waals surface area contributed by atoms with Crippen LogP contribution < -0.4 is 15.4 Å². The van der Waals surface area contributed by atoms with Crippen LogP contribution in [0.4, 0.5) is 5.69 Å². The maximum atomic E-state index is 11.8. The number of benzene rings is 1. The number of aliphatic carboxylic acids is 1.